The van der Waals surface area contributed by atoms with Gasteiger partial charge in [-0.2, -0.15) is 5.10 Å². The lowest BCUT2D eigenvalue weighted by Gasteiger charge is -2.04. The fourth-order valence-electron chi connectivity index (χ4n) is 2.33. The van der Waals surface area contributed by atoms with E-state index in [1.165, 1.54) is 0 Å². The molecule has 0 unspecified atom stereocenters. The molecule has 25 heavy (non-hydrogen) atoms. The number of carbonyl (C=O) groups is 1. The van der Waals surface area contributed by atoms with Gasteiger partial charge in [0.25, 0.3) is 5.91 Å². The van der Waals surface area contributed by atoms with E-state index < -0.39 is 0 Å². The summed E-state index contributed by atoms with van der Waals surface area (Å²) in [5.74, 6) is 1.27. The second-order valence-corrected chi connectivity index (χ2v) is 6.35. The molecule has 0 saturated heterocycles. The van der Waals surface area contributed by atoms with Crippen LogP contribution in [0.1, 0.15) is 10.5 Å². The summed E-state index contributed by atoms with van der Waals surface area (Å²) in [4.78, 5) is 16.5. The topological polar surface area (TPSA) is 84.8 Å². The molecular weight excluding hydrogens is 338 g/mol. The Morgan fingerprint density at radius 3 is 3.00 bits per heavy atom. The van der Waals surface area contributed by atoms with E-state index in [1.54, 1.807) is 31.1 Å². The molecule has 0 radical (unpaired) electrons. The van der Waals surface area contributed by atoms with Gasteiger partial charge in [0.2, 0.25) is 0 Å². The highest BCUT2D eigenvalue weighted by Gasteiger charge is 2.13. The minimum Gasteiger partial charge on any atom is -0.496 e. The van der Waals surface area contributed by atoms with E-state index in [0.717, 1.165) is 16.5 Å². The van der Waals surface area contributed by atoms with Crippen molar-refractivity contribution in [3.63, 3.8) is 0 Å². The monoisotopic (exact) mass is 357 g/mol. The highest BCUT2D eigenvalue weighted by molar-refractivity contribution is 7.99. The first-order valence-corrected chi connectivity index (χ1v) is 8.74. The molecular formula is C17H19N5O2S. The maximum atomic E-state index is 12.2. The minimum absolute atomic E-state index is 0.186. The summed E-state index contributed by atoms with van der Waals surface area (Å²) in [7, 11) is 3.55. The normalized spacial score (nSPS) is 10.6. The zero-order valence-electron chi connectivity index (χ0n) is 14.0. The maximum absolute atomic E-state index is 12.2. The van der Waals surface area contributed by atoms with Gasteiger partial charge < -0.3 is 14.6 Å². The van der Waals surface area contributed by atoms with Crippen molar-refractivity contribution in [2.45, 2.75) is 5.16 Å². The van der Waals surface area contributed by atoms with Gasteiger partial charge in [-0.25, -0.2) is 4.98 Å². The number of aromatic nitrogens is 4. The van der Waals surface area contributed by atoms with Gasteiger partial charge in [0.1, 0.15) is 11.4 Å². The first-order valence-electron chi connectivity index (χ1n) is 7.76. The van der Waals surface area contributed by atoms with Gasteiger partial charge in [-0.05, 0) is 18.2 Å². The molecule has 0 fully saturated rings. The molecule has 2 heterocycles. The summed E-state index contributed by atoms with van der Waals surface area (Å²) in [6.07, 6.45) is 3.65. The van der Waals surface area contributed by atoms with E-state index >= 15 is 0 Å². The van der Waals surface area contributed by atoms with Crippen LogP contribution in [0.2, 0.25) is 0 Å². The van der Waals surface area contributed by atoms with Gasteiger partial charge in [-0.1, -0.05) is 23.9 Å². The van der Waals surface area contributed by atoms with E-state index in [2.05, 4.69) is 20.5 Å². The SMILES string of the molecule is COc1ccccc1-c1cc(C(=O)NCCSc2nccn2C)[nH]n1. The number of ether oxygens (including phenoxy) is 1. The Morgan fingerprint density at radius 1 is 1.40 bits per heavy atom. The number of aryl methyl sites for hydroxylation is 1. The Hall–Kier alpha value is -2.74. The number of methoxy groups -OCH3 is 1. The van der Waals surface area contributed by atoms with Gasteiger partial charge in [-0.15, -0.1) is 0 Å². The molecule has 2 aromatic heterocycles. The Labute approximate surface area is 149 Å². The zero-order valence-corrected chi connectivity index (χ0v) is 14.8. The van der Waals surface area contributed by atoms with E-state index in [4.69, 9.17) is 4.74 Å². The van der Waals surface area contributed by atoms with Crippen LogP contribution in [0, 0.1) is 0 Å². The smallest absolute Gasteiger partial charge is 0.269 e. The molecule has 8 heteroatoms. The number of para-hydroxylation sites is 1. The van der Waals surface area contributed by atoms with E-state index in [0.29, 0.717) is 23.7 Å². The van der Waals surface area contributed by atoms with Crippen molar-refractivity contribution in [1.82, 2.24) is 25.1 Å². The predicted octanol–water partition coefficient (Wildman–Crippen LogP) is 2.34. The van der Waals surface area contributed by atoms with Crippen LogP contribution < -0.4 is 10.1 Å². The van der Waals surface area contributed by atoms with Crippen molar-refractivity contribution in [2.75, 3.05) is 19.4 Å². The first kappa shape index (κ1) is 17.1. The summed E-state index contributed by atoms with van der Waals surface area (Å²) in [6.45, 7) is 0.541. The van der Waals surface area contributed by atoms with Gasteiger partial charge in [0.05, 0.1) is 12.8 Å². The third-order valence-corrected chi connectivity index (χ3v) is 4.66. The summed E-state index contributed by atoms with van der Waals surface area (Å²) in [5, 5.41) is 10.8. The number of aromatic amines is 1. The number of benzene rings is 1. The number of H-pyrrole nitrogens is 1. The number of amides is 1. The highest BCUT2D eigenvalue weighted by atomic mass is 32.2. The van der Waals surface area contributed by atoms with Crippen LogP contribution in [-0.4, -0.2) is 45.1 Å². The van der Waals surface area contributed by atoms with Crippen LogP contribution in [0.25, 0.3) is 11.3 Å². The van der Waals surface area contributed by atoms with Gasteiger partial charge in [0, 0.05) is 37.3 Å². The maximum Gasteiger partial charge on any atom is 0.269 e. The van der Waals surface area contributed by atoms with Crippen molar-refractivity contribution in [3.05, 3.63) is 48.4 Å². The molecule has 0 spiro atoms. The summed E-state index contributed by atoms with van der Waals surface area (Å²) in [5.41, 5.74) is 1.93. The number of nitrogens with one attached hydrogen (secondary N) is 2. The Kier molecular flexibility index (Phi) is 5.39. The molecule has 0 saturated carbocycles. The minimum atomic E-state index is -0.186. The van der Waals surface area contributed by atoms with Crippen LogP contribution in [0.15, 0.2) is 47.9 Å². The molecule has 3 rings (SSSR count). The van der Waals surface area contributed by atoms with E-state index in [1.807, 2.05) is 42.1 Å². The average molecular weight is 357 g/mol. The predicted molar refractivity (Wildman–Crippen MR) is 96.8 cm³/mol. The second kappa shape index (κ2) is 7.89. The molecule has 130 valence electrons. The van der Waals surface area contributed by atoms with Crippen LogP contribution in [0.5, 0.6) is 5.75 Å². The average Bonchev–Trinajstić information content (AvgIpc) is 3.28. The van der Waals surface area contributed by atoms with Gasteiger partial charge in [-0.3, -0.25) is 9.89 Å². The lowest BCUT2D eigenvalue weighted by atomic mass is 10.1. The van der Waals surface area contributed by atoms with Crippen molar-refractivity contribution >= 4 is 17.7 Å². The van der Waals surface area contributed by atoms with Gasteiger partial charge >= 0.3 is 0 Å². The standard InChI is InChI=1S/C17H19N5O2S/c1-22-9-7-19-17(22)25-10-8-18-16(23)14-11-13(20-21-14)12-5-3-4-6-15(12)24-2/h3-7,9,11H,8,10H2,1-2H3,(H,18,23)(H,20,21). The van der Waals surface area contributed by atoms with Crippen LogP contribution in [0.3, 0.4) is 0 Å². The number of carbonyl (C=O) groups excluding carboxylic acids is 1. The number of thioether (sulfide) groups is 1. The number of imidazole rings is 1. The molecule has 1 aromatic carbocycles. The van der Waals surface area contributed by atoms with Crippen molar-refractivity contribution in [2.24, 2.45) is 7.05 Å². The van der Waals surface area contributed by atoms with E-state index in [-0.39, 0.29) is 5.91 Å². The Morgan fingerprint density at radius 2 is 2.24 bits per heavy atom. The fraction of sp³-hybridized carbons (Fsp3) is 0.235. The number of hydrogen-bond donors (Lipinski definition) is 2. The van der Waals surface area contributed by atoms with Crippen molar-refractivity contribution in [1.29, 1.82) is 0 Å². The fourth-order valence-corrected chi connectivity index (χ4v) is 3.11. The molecule has 0 bridgehead atoms. The molecule has 0 aliphatic carbocycles. The Balaban J connectivity index is 1.56. The van der Waals surface area contributed by atoms with Crippen LogP contribution in [0.4, 0.5) is 0 Å². The molecule has 2 N–H and O–H groups in total. The molecule has 3 aromatic rings. The third kappa shape index (κ3) is 4.03. The van der Waals surface area contributed by atoms with Crippen molar-refractivity contribution < 1.29 is 9.53 Å². The summed E-state index contributed by atoms with van der Waals surface area (Å²) >= 11 is 1.59. The molecule has 0 aliphatic heterocycles. The lowest BCUT2D eigenvalue weighted by molar-refractivity contribution is 0.0951. The number of rotatable bonds is 7. The van der Waals surface area contributed by atoms with Crippen molar-refractivity contribution in [3.8, 4) is 17.0 Å². The number of nitrogens with zero attached hydrogens (tertiary/aromatic N) is 3. The third-order valence-electron chi connectivity index (χ3n) is 3.60. The quantitative estimate of drug-likeness (QED) is 0.501. The zero-order chi connectivity index (χ0) is 17.6. The van der Waals surface area contributed by atoms with Crippen LogP contribution in [-0.2, 0) is 7.05 Å². The molecule has 7 nitrogen and oxygen atoms in total. The van der Waals surface area contributed by atoms with Gasteiger partial charge in [0.15, 0.2) is 5.16 Å². The molecule has 0 aliphatic rings. The first-order chi connectivity index (χ1) is 12.2. The van der Waals surface area contributed by atoms with Crippen LogP contribution >= 0.6 is 11.8 Å². The number of hydrogen-bond acceptors (Lipinski definition) is 5. The second-order valence-electron chi connectivity index (χ2n) is 5.29. The summed E-state index contributed by atoms with van der Waals surface area (Å²) in [6, 6.07) is 9.28. The highest BCUT2D eigenvalue weighted by Crippen LogP contribution is 2.28. The Bertz CT molecular complexity index is 858. The molecule has 1 amide bonds. The van der Waals surface area contributed by atoms with E-state index in [9.17, 15) is 4.79 Å². The lowest BCUT2D eigenvalue weighted by Crippen LogP contribution is -2.26. The molecule has 0 atom stereocenters. The largest absolute Gasteiger partial charge is 0.496 e. The summed E-state index contributed by atoms with van der Waals surface area (Å²) < 4.78 is 7.27.